The van der Waals surface area contributed by atoms with Crippen molar-refractivity contribution >= 4 is 22.7 Å². The molecule has 0 spiro atoms. The second kappa shape index (κ2) is 8.72. The first kappa shape index (κ1) is 19.8. The van der Waals surface area contributed by atoms with Crippen molar-refractivity contribution in [3.8, 4) is 0 Å². The lowest BCUT2D eigenvalue weighted by Crippen LogP contribution is -2.29. The van der Waals surface area contributed by atoms with Crippen LogP contribution in [0.5, 0.6) is 0 Å². The molecule has 0 bridgehead atoms. The van der Waals surface area contributed by atoms with Gasteiger partial charge >= 0.3 is 6.09 Å². The van der Waals surface area contributed by atoms with Gasteiger partial charge < -0.3 is 19.9 Å². The van der Waals surface area contributed by atoms with Crippen molar-refractivity contribution < 1.29 is 9.53 Å². The molecule has 0 radical (unpaired) electrons. The number of nitrogens with zero attached hydrogens (tertiary/aromatic N) is 2. The number of amides is 1. The molecule has 6 nitrogen and oxygen atoms in total. The van der Waals surface area contributed by atoms with Crippen molar-refractivity contribution in [2.24, 2.45) is 5.92 Å². The number of methoxy groups -OCH3 is 1. The topological polar surface area (TPSA) is 61.7 Å². The summed E-state index contributed by atoms with van der Waals surface area (Å²) in [6.45, 7) is 9.82. The van der Waals surface area contributed by atoms with Crippen LogP contribution in [0.15, 0.2) is 24.4 Å². The normalized spacial score (nSPS) is 18.2. The highest BCUT2D eigenvalue weighted by Gasteiger charge is 2.39. The first-order valence-electron chi connectivity index (χ1n) is 8.61. The van der Waals surface area contributed by atoms with Crippen LogP contribution < -0.4 is 5.32 Å². The lowest BCUT2D eigenvalue weighted by molar-refractivity contribution is 0.170. The summed E-state index contributed by atoms with van der Waals surface area (Å²) >= 11 is 0. The van der Waals surface area contributed by atoms with Crippen LogP contribution in [0.3, 0.4) is 0 Å². The summed E-state index contributed by atoms with van der Waals surface area (Å²) in [7, 11) is 3.50. The molecule has 0 aliphatic heterocycles. The molecule has 1 saturated carbocycles. The number of alkyl carbamates (subject to hydrolysis) is 1. The highest BCUT2D eigenvalue weighted by molar-refractivity contribution is 5.87. The molecule has 140 valence electrons. The van der Waals surface area contributed by atoms with Gasteiger partial charge in [0.05, 0.1) is 13.7 Å². The molecule has 6 heteroatoms. The fourth-order valence-corrected chi connectivity index (χ4v) is 3.44. The van der Waals surface area contributed by atoms with Gasteiger partial charge in [-0.25, -0.2) is 9.64 Å². The van der Waals surface area contributed by atoms with E-state index in [0.29, 0.717) is 24.1 Å². The Morgan fingerprint density at radius 1 is 1.50 bits per heavy atom. The van der Waals surface area contributed by atoms with E-state index in [-0.39, 0.29) is 13.5 Å². The number of aromatic nitrogens is 1. The molecule has 1 aliphatic rings. The Hall–Kier alpha value is -2.52. The van der Waals surface area contributed by atoms with Crippen LogP contribution in [0.4, 0.5) is 10.5 Å². The van der Waals surface area contributed by atoms with Gasteiger partial charge in [-0.05, 0) is 61.4 Å². The largest absolute Gasteiger partial charge is 0.453 e. The number of rotatable bonds is 7. The van der Waals surface area contributed by atoms with E-state index < -0.39 is 0 Å². The average molecular weight is 356 g/mol. The average Bonchev–Trinajstić information content (AvgIpc) is 3.24. The summed E-state index contributed by atoms with van der Waals surface area (Å²) in [4.78, 5) is 20.2. The molecule has 1 fully saturated rings. The zero-order chi connectivity index (χ0) is 17.8. The molecule has 0 saturated heterocycles. The maximum Gasteiger partial charge on any atom is 0.406 e. The monoisotopic (exact) mass is 356 g/mol. The Morgan fingerprint density at radius 2 is 2.31 bits per heavy atom. The SMILES string of the molecule is C.[C-]#[N+]c1ccc2[nH]cc(C3CC3CN(C)CCCNC(=O)OC)c2c1. The number of carbonyl (C=O) groups excluding carboxylic acids is 1. The minimum Gasteiger partial charge on any atom is -0.453 e. The predicted octanol–water partition coefficient (Wildman–Crippen LogP) is 4.14. The number of fused-ring (bicyclic) bond motifs is 1. The first-order valence-corrected chi connectivity index (χ1v) is 8.61. The zero-order valence-electron chi connectivity index (χ0n) is 14.7. The number of carbonyl (C=O) groups is 1. The minimum absolute atomic E-state index is 0. The molecular weight excluding hydrogens is 328 g/mol. The van der Waals surface area contributed by atoms with E-state index in [1.807, 2.05) is 18.2 Å². The number of H-pyrrole nitrogens is 1. The second-order valence-corrected chi connectivity index (χ2v) is 6.72. The van der Waals surface area contributed by atoms with Gasteiger partial charge in [0, 0.05) is 24.8 Å². The third kappa shape index (κ3) is 4.55. The Labute approximate surface area is 155 Å². The van der Waals surface area contributed by atoms with Gasteiger partial charge in [0.1, 0.15) is 0 Å². The molecular formula is C20H28N4O2. The van der Waals surface area contributed by atoms with Gasteiger partial charge in [-0.1, -0.05) is 13.5 Å². The number of hydrogen-bond donors (Lipinski definition) is 2. The van der Waals surface area contributed by atoms with Crippen molar-refractivity contribution in [2.45, 2.75) is 26.2 Å². The van der Waals surface area contributed by atoms with Gasteiger partial charge in [-0.3, -0.25) is 0 Å². The maximum atomic E-state index is 11.0. The van der Waals surface area contributed by atoms with Crippen molar-refractivity contribution in [3.63, 3.8) is 0 Å². The second-order valence-electron chi connectivity index (χ2n) is 6.72. The molecule has 1 aliphatic carbocycles. The van der Waals surface area contributed by atoms with Gasteiger partial charge in [-0.2, -0.15) is 0 Å². The van der Waals surface area contributed by atoms with Gasteiger partial charge in [-0.15, -0.1) is 0 Å². The minimum atomic E-state index is -0.372. The van der Waals surface area contributed by atoms with Gasteiger partial charge in [0.15, 0.2) is 5.69 Å². The van der Waals surface area contributed by atoms with Crippen LogP contribution >= 0.6 is 0 Å². The molecule has 2 unspecified atom stereocenters. The molecule has 26 heavy (non-hydrogen) atoms. The lowest BCUT2D eigenvalue weighted by atomic mass is 10.1. The van der Waals surface area contributed by atoms with Crippen LogP contribution in [0, 0.1) is 12.5 Å². The van der Waals surface area contributed by atoms with E-state index in [0.717, 1.165) is 25.0 Å². The molecule has 2 aromatic rings. The predicted molar refractivity (Wildman–Crippen MR) is 105 cm³/mol. The highest BCUT2D eigenvalue weighted by Crippen LogP contribution is 2.50. The fraction of sp³-hybridized carbons (Fsp3) is 0.500. The van der Waals surface area contributed by atoms with E-state index in [9.17, 15) is 4.79 Å². The highest BCUT2D eigenvalue weighted by atomic mass is 16.5. The van der Waals surface area contributed by atoms with E-state index in [4.69, 9.17) is 6.57 Å². The van der Waals surface area contributed by atoms with E-state index >= 15 is 0 Å². The van der Waals surface area contributed by atoms with Crippen LogP contribution in [0.2, 0.25) is 0 Å². The quantitative estimate of drug-likeness (QED) is 0.579. The van der Waals surface area contributed by atoms with Crippen LogP contribution in [-0.4, -0.2) is 49.8 Å². The van der Waals surface area contributed by atoms with Crippen molar-refractivity contribution in [1.29, 1.82) is 0 Å². The van der Waals surface area contributed by atoms with Crippen LogP contribution in [0.1, 0.15) is 31.7 Å². The standard InChI is InChI=1S/C19H24N4O2.CH4/c1-20-14-5-6-18-16(10-14)17(11-22-18)15-9-13(15)12-23(2)8-4-7-21-19(24)25-3;/h5-6,10-11,13,15,22H,4,7-9,12H2,2-3H3,(H,21,24);1H4. The molecule has 1 aromatic carbocycles. The van der Waals surface area contributed by atoms with Gasteiger partial charge in [0.2, 0.25) is 0 Å². The first-order chi connectivity index (χ1) is 12.1. The Kier molecular flexibility index (Phi) is 6.64. The molecule has 2 atom stereocenters. The summed E-state index contributed by atoms with van der Waals surface area (Å²) in [5.74, 6) is 1.24. The summed E-state index contributed by atoms with van der Waals surface area (Å²) in [5.41, 5.74) is 3.14. The molecule has 1 heterocycles. The number of ether oxygens (including phenoxy) is 1. The summed E-state index contributed by atoms with van der Waals surface area (Å²) in [6, 6.07) is 5.84. The third-order valence-corrected chi connectivity index (χ3v) is 4.87. The lowest BCUT2D eigenvalue weighted by Gasteiger charge is -2.16. The number of benzene rings is 1. The molecule has 2 N–H and O–H groups in total. The zero-order valence-corrected chi connectivity index (χ0v) is 14.7. The summed E-state index contributed by atoms with van der Waals surface area (Å²) < 4.78 is 4.55. The Bertz CT molecular complexity index is 793. The summed E-state index contributed by atoms with van der Waals surface area (Å²) in [6.07, 6.45) is 3.83. The van der Waals surface area contributed by atoms with E-state index in [1.165, 1.54) is 24.5 Å². The molecule has 1 amide bonds. The van der Waals surface area contributed by atoms with E-state index in [2.05, 4.69) is 38.0 Å². The fourth-order valence-electron chi connectivity index (χ4n) is 3.44. The number of hydrogen-bond acceptors (Lipinski definition) is 3. The van der Waals surface area contributed by atoms with Crippen LogP contribution in [0.25, 0.3) is 15.7 Å². The van der Waals surface area contributed by atoms with Crippen molar-refractivity contribution in [2.75, 3.05) is 33.8 Å². The van der Waals surface area contributed by atoms with Crippen molar-refractivity contribution in [3.05, 3.63) is 41.4 Å². The Balaban J connectivity index is 0.00000243. The maximum absolute atomic E-state index is 11.0. The molecule has 1 aromatic heterocycles. The molecule has 3 rings (SSSR count). The van der Waals surface area contributed by atoms with Crippen LogP contribution in [-0.2, 0) is 4.74 Å². The third-order valence-electron chi connectivity index (χ3n) is 4.87. The summed E-state index contributed by atoms with van der Waals surface area (Å²) in [5, 5.41) is 3.89. The smallest absolute Gasteiger partial charge is 0.406 e. The Morgan fingerprint density at radius 3 is 3.04 bits per heavy atom. The number of aromatic amines is 1. The number of nitrogens with one attached hydrogen (secondary N) is 2. The van der Waals surface area contributed by atoms with Gasteiger partial charge in [0.25, 0.3) is 0 Å². The van der Waals surface area contributed by atoms with Crippen molar-refractivity contribution in [1.82, 2.24) is 15.2 Å². The van der Waals surface area contributed by atoms with E-state index in [1.54, 1.807) is 0 Å².